The molecule has 0 bridgehead atoms. The van der Waals surface area contributed by atoms with Gasteiger partial charge in [-0.3, -0.25) is 10.1 Å². The summed E-state index contributed by atoms with van der Waals surface area (Å²) in [5, 5.41) is 15.5. The van der Waals surface area contributed by atoms with E-state index in [9.17, 15) is 10.1 Å². The summed E-state index contributed by atoms with van der Waals surface area (Å²) in [7, 11) is 0. The lowest BCUT2D eigenvalue weighted by molar-refractivity contribution is -0.384. The van der Waals surface area contributed by atoms with Crippen LogP contribution in [0.2, 0.25) is 5.02 Å². The Morgan fingerprint density at radius 3 is 3.03 bits per heavy atom. The van der Waals surface area contributed by atoms with E-state index in [2.05, 4.69) is 30.2 Å². The van der Waals surface area contributed by atoms with Gasteiger partial charge in [0.25, 0.3) is 5.69 Å². The van der Waals surface area contributed by atoms with Crippen LogP contribution in [0.3, 0.4) is 0 Å². The maximum atomic E-state index is 11.0. The van der Waals surface area contributed by atoms with Gasteiger partial charge >= 0.3 is 0 Å². The van der Waals surface area contributed by atoms with Gasteiger partial charge in [0.15, 0.2) is 0 Å². The number of nitrogens with one attached hydrogen (secondary N) is 1. The lowest BCUT2D eigenvalue weighted by Crippen LogP contribution is -2.27. The number of nitro benzene ring substituents is 1. The minimum absolute atomic E-state index is 0.00750. The first-order valence-electron chi connectivity index (χ1n) is 9.11. The van der Waals surface area contributed by atoms with Gasteiger partial charge in [-0.1, -0.05) is 11.6 Å². The Morgan fingerprint density at radius 2 is 2.24 bits per heavy atom. The standard InChI is InChI=1S/C18H18ClN7O3/c1-2-29-17-14(19)8-20-18(24-17)23-11-5-6-25(9-11)16-13-4-3-12(26(27)28)7-15(13)21-10-22-16/h3-4,7-8,10-11H,2,5-6,9H2,1H3,(H,20,23,24). The van der Waals surface area contributed by atoms with Crippen LogP contribution in [0.5, 0.6) is 5.88 Å². The van der Waals surface area contributed by atoms with E-state index in [1.807, 2.05) is 6.92 Å². The van der Waals surface area contributed by atoms with Crippen LogP contribution >= 0.6 is 11.6 Å². The third-order valence-corrected chi connectivity index (χ3v) is 4.88. The monoisotopic (exact) mass is 415 g/mol. The summed E-state index contributed by atoms with van der Waals surface area (Å²) in [5.41, 5.74) is 0.552. The minimum Gasteiger partial charge on any atom is -0.477 e. The Bertz CT molecular complexity index is 1060. The summed E-state index contributed by atoms with van der Waals surface area (Å²) in [6.07, 6.45) is 3.80. The molecule has 29 heavy (non-hydrogen) atoms. The Kier molecular flexibility index (Phi) is 5.26. The molecule has 2 aromatic heterocycles. The van der Waals surface area contributed by atoms with Crippen LogP contribution in [0, 0.1) is 10.1 Å². The minimum atomic E-state index is -0.431. The van der Waals surface area contributed by atoms with E-state index in [0.717, 1.165) is 24.2 Å². The molecule has 0 amide bonds. The Morgan fingerprint density at radius 1 is 1.38 bits per heavy atom. The Labute approximate surface area is 171 Å². The molecule has 1 N–H and O–H groups in total. The predicted molar refractivity (Wildman–Crippen MR) is 109 cm³/mol. The molecule has 1 saturated heterocycles. The van der Waals surface area contributed by atoms with Crippen molar-refractivity contribution in [2.45, 2.75) is 19.4 Å². The molecule has 1 aliphatic rings. The summed E-state index contributed by atoms with van der Waals surface area (Å²) in [4.78, 5) is 29.8. The van der Waals surface area contributed by atoms with Crippen molar-refractivity contribution in [2.24, 2.45) is 0 Å². The second-order valence-corrected chi connectivity index (χ2v) is 6.92. The summed E-state index contributed by atoms with van der Waals surface area (Å²) in [5.74, 6) is 1.55. The van der Waals surface area contributed by atoms with Crippen molar-refractivity contribution in [1.29, 1.82) is 0 Å². The number of hydrogen-bond donors (Lipinski definition) is 1. The molecule has 0 spiro atoms. The van der Waals surface area contributed by atoms with Crippen molar-refractivity contribution in [3.63, 3.8) is 0 Å². The SMILES string of the molecule is CCOc1nc(NC2CCN(c3ncnc4cc([N+](=O)[O-])ccc34)C2)ncc1Cl. The van der Waals surface area contributed by atoms with Crippen LogP contribution in [-0.2, 0) is 0 Å². The number of nitrogens with zero attached hydrogens (tertiary/aromatic N) is 6. The zero-order valence-electron chi connectivity index (χ0n) is 15.6. The fourth-order valence-corrected chi connectivity index (χ4v) is 3.45. The first-order valence-corrected chi connectivity index (χ1v) is 9.49. The number of anilines is 2. The fourth-order valence-electron chi connectivity index (χ4n) is 3.31. The fraction of sp³-hybridized carbons (Fsp3) is 0.333. The molecule has 3 heterocycles. The van der Waals surface area contributed by atoms with Gasteiger partial charge < -0.3 is 15.0 Å². The highest BCUT2D eigenvalue weighted by Crippen LogP contribution is 2.29. The zero-order valence-corrected chi connectivity index (χ0v) is 16.3. The molecule has 150 valence electrons. The van der Waals surface area contributed by atoms with Crippen LogP contribution in [0.15, 0.2) is 30.7 Å². The molecule has 1 aliphatic heterocycles. The highest BCUT2D eigenvalue weighted by Gasteiger charge is 2.26. The predicted octanol–water partition coefficient (Wildman–Crippen LogP) is 3.07. The van der Waals surface area contributed by atoms with E-state index in [4.69, 9.17) is 16.3 Å². The van der Waals surface area contributed by atoms with Crippen molar-refractivity contribution < 1.29 is 9.66 Å². The molecule has 11 heteroatoms. The van der Waals surface area contributed by atoms with Gasteiger partial charge in [0.2, 0.25) is 11.8 Å². The topological polar surface area (TPSA) is 119 Å². The normalized spacial score (nSPS) is 16.2. The van der Waals surface area contributed by atoms with Gasteiger partial charge in [0.1, 0.15) is 17.2 Å². The number of nitro groups is 1. The van der Waals surface area contributed by atoms with Gasteiger partial charge in [0, 0.05) is 36.7 Å². The number of fused-ring (bicyclic) bond motifs is 1. The third kappa shape index (κ3) is 3.97. The van der Waals surface area contributed by atoms with Crippen molar-refractivity contribution in [3.8, 4) is 5.88 Å². The number of benzene rings is 1. The number of ether oxygens (including phenoxy) is 1. The van der Waals surface area contributed by atoms with E-state index in [0.29, 0.717) is 35.5 Å². The molecule has 1 fully saturated rings. The molecule has 10 nitrogen and oxygen atoms in total. The highest BCUT2D eigenvalue weighted by atomic mass is 35.5. The van der Waals surface area contributed by atoms with Crippen LogP contribution < -0.4 is 15.0 Å². The lowest BCUT2D eigenvalue weighted by atomic mass is 10.2. The van der Waals surface area contributed by atoms with Crippen molar-refractivity contribution >= 4 is 40.0 Å². The molecular formula is C18H18ClN7O3. The van der Waals surface area contributed by atoms with Gasteiger partial charge in [-0.05, 0) is 19.4 Å². The van der Waals surface area contributed by atoms with Gasteiger partial charge in [0.05, 0.1) is 23.2 Å². The Hall–Kier alpha value is -3.27. The quantitative estimate of drug-likeness (QED) is 0.478. The van der Waals surface area contributed by atoms with Crippen LogP contribution in [0.1, 0.15) is 13.3 Å². The van der Waals surface area contributed by atoms with E-state index in [1.54, 1.807) is 6.07 Å². The second kappa shape index (κ2) is 8.00. The van der Waals surface area contributed by atoms with Crippen LogP contribution in [0.25, 0.3) is 10.9 Å². The van der Waals surface area contributed by atoms with E-state index < -0.39 is 4.92 Å². The first-order chi connectivity index (χ1) is 14.0. The summed E-state index contributed by atoms with van der Waals surface area (Å²) < 4.78 is 5.41. The number of rotatable bonds is 6. The maximum absolute atomic E-state index is 11.0. The molecule has 1 atom stereocenters. The average molecular weight is 416 g/mol. The molecule has 0 saturated carbocycles. The highest BCUT2D eigenvalue weighted by molar-refractivity contribution is 6.31. The molecule has 1 unspecified atom stereocenters. The average Bonchev–Trinajstić information content (AvgIpc) is 3.18. The molecular weight excluding hydrogens is 398 g/mol. The van der Waals surface area contributed by atoms with Crippen LogP contribution in [-0.4, -0.2) is 50.6 Å². The van der Waals surface area contributed by atoms with Crippen molar-refractivity contribution in [2.75, 3.05) is 29.9 Å². The molecule has 4 rings (SSSR count). The van der Waals surface area contributed by atoms with Crippen LogP contribution in [0.4, 0.5) is 17.5 Å². The number of halogens is 1. The largest absolute Gasteiger partial charge is 0.477 e. The molecule has 0 radical (unpaired) electrons. The number of hydrogen-bond acceptors (Lipinski definition) is 9. The van der Waals surface area contributed by atoms with Gasteiger partial charge in [-0.2, -0.15) is 4.98 Å². The zero-order chi connectivity index (χ0) is 20.4. The van der Waals surface area contributed by atoms with Gasteiger partial charge in [-0.25, -0.2) is 15.0 Å². The number of aromatic nitrogens is 4. The Balaban J connectivity index is 1.51. The van der Waals surface area contributed by atoms with Gasteiger partial charge in [-0.15, -0.1) is 0 Å². The summed E-state index contributed by atoms with van der Waals surface area (Å²) in [6.45, 7) is 3.78. The van der Waals surface area contributed by atoms with E-state index in [1.165, 1.54) is 24.7 Å². The number of non-ortho nitro benzene ring substituents is 1. The van der Waals surface area contributed by atoms with Crippen molar-refractivity contribution in [3.05, 3.63) is 45.9 Å². The van der Waals surface area contributed by atoms with E-state index >= 15 is 0 Å². The maximum Gasteiger partial charge on any atom is 0.271 e. The third-order valence-electron chi connectivity index (χ3n) is 4.62. The van der Waals surface area contributed by atoms with Crippen molar-refractivity contribution in [1.82, 2.24) is 19.9 Å². The first kappa shape index (κ1) is 19.1. The molecule has 0 aliphatic carbocycles. The smallest absolute Gasteiger partial charge is 0.271 e. The second-order valence-electron chi connectivity index (χ2n) is 6.51. The molecule has 1 aromatic carbocycles. The lowest BCUT2D eigenvalue weighted by Gasteiger charge is -2.19. The van der Waals surface area contributed by atoms with E-state index in [-0.39, 0.29) is 11.7 Å². The molecule has 3 aromatic rings. The summed E-state index contributed by atoms with van der Waals surface area (Å²) in [6, 6.07) is 4.73. The summed E-state index contributed by atoms with van der Waals surface area (Å²) >= 11 is 6.04.